The molecule has 0 aliphatic rings. The molecule has 0 aliphatic carbocycles. The molecule has 2 heteroatoms. The highest BCUT2D eigenvalue weighted by Gasteiger charge is 2.29. The SMILES string of the molecule is CN(Cc1ccccc1)C(c1ccccc1)P(c1ccccc1)c1ccccc1. The largest absolute Gasteiger partial charge is 0.291 e. The van der Waals surface area contributed by atoms with Crippen LogP contribution in [0, 0.1) is 0 Å². The third kappa shape index (κ3) is 4.82. The summed E-state index contributed by atoms with van der Waals surface area (Å²) in [6.07, 6.45) is 0. The van der Waals surface area contributed by atoms with Gasteiger partial charge in [-0.3, -0.25) is 4.90 Å². The highest BCUT2D eigenvalue weighted by molar-refractivity contribution is 7.73. The first-order valence-electron chi connectivity index (χ1n) is 10.0. The van der Waals surface area contributed by atoms with Gasteiger partial charge in [-0.15, -0.1) is 0 Å². The van der Waals surface area contributed by atoms with Crippen LogP contribution in [0.2, 0.25) is 0 Å². The van der Waals surface area contributed by atoms with Crippen molar-refractivity contribution in [2.45, 2.75) is 12.3 Å². The van der Waals surface area contributed by atoms with Crippen molar-refractivity contribution < 1.29 is 0 Å². The van der Waals surface area contributed by atoms with Crippen LogP contribution in [0.5, 0.6) is 0 Å². The van der Waals surface area contributed by atoms with E-state index in [1.54, 1.807) is 0 Å². The summed E-state index contributed by atoms with van der Waals surface area (Å²) in [5.74, 6) is 0.288. The van der Waals surface area contributed by atoms with Gasteiger partial charge in [0.1, 0.15) is 0 Å². The Morgan fingerprint density at radius 1 is 0.586 bits per heavy atom. The molecule has 1 atom stereocenters. The highest BCUT2D eigenvalue weighted by atomic mass is 31.1. The van der Waals surface area contributed by atoms with Gasteiger partial charge in [-0.2, -0.15) is 0 Å². The number of benzene rings is 4. The Morgan fingerprint density at radius 3 is 1.48 bits per heavy atom. The zero-order valence-electron chi connectivity index (χ0n) is 16.7. The molecule has 0 bridgehead atoms. The summed E-state index contributed by atoms with van der Waals surface area (Å²) >= 11 is 0. The Kier molecular flexibility index (Phi) is 6.52. The first-order valence-corrected chi connectivity index (χ1v) is 11.4. The lowest BCUT2D eigenvalue weighted by Gasteiger charge is -2.36. The molecular formula is C27H26NP. The van der Waals surface area contributed by atoms with Gasteiger partial charge in [0, 0.05) is 6.54 Å². The van der Waals surface area contributed by atoms with Crippen molar-refractivity contribution in [3.63, 3.8) is 0 Å². The molecule has 29 heavy (non-hydrogen) atoms. The Hall–Kier alpha value is -2.73. The van der Waals surface area contributed by atoms with Crippen LogP contribution in [0.3, 0.4) is 0 Å². The van der Waals surface area contributed by atoms with Gasteiger partial charge in [-0.1, -0.05) is 121 Å². The predicted octanol–water partition coefficient (Wildman–Crippen LogP) is 5.95. The molecule has 0 N–H and O–H groups in total. The van der Waals surface area contributed by atoms with E-state index in [2.05, 4.69) is 133 Å². The molecule has 0 spiro atoms. The predicted molar refractivity (Wildman–Crippen MR) is 126 cm³/mol. The topological polar surface area (TPSA) is 3.24 Å². The van der Waals surface area contributed by atoms with Crippen LogP contribution in [0.1, 0.15) is 16.9 Å². The van der Waals surface area contributed by atoms with Gasteiger partial charge in [0.2, 0.25) is 0 Å². The molecule has 4 aromatic carbocycles. The maximum absolute atomic E-state index is 2.51. The van der Waals surface area contributed by atoms with Gasteiger partial charge in [0.25, 0.3) is 0 Å². The normalized spacial score (nSPS) is 12.2. The number of hydrogen-bond donors (Lipinski definition) is 0. The Labute approximate surface area is 175 Å². The fourth-order valence-corrected chi connectivity index (χ4v) is 6.59. The molecule has 4 rings (SSSR count). The molecule has 0 saturated heterocycles. The first kappa shape index (κ1) is 19.6. The van der Waals surface area contributed by atoms with Crippen LogP contribution in [0.4, 0.5) is 0 Å². The minimum Gasteiger partial charge on any atom is -0.291 e. The summed E-state index contributed by atoms with van der Waals surface area (Å²) in [6.45, 7) is 0.916. The smallest absolute Gasteiger partial charge is 0.0631 e. The van der Waals surface area contributed by atoms with Crippen LogP contribution >= 0.6 is 7.92 Å². The summed E-state index contributed by atoms with van der Waals surface area (Å²) in [5, 5.41) is 2.81. The van der Waals surface area contributed by atoms with Crippen molar-refractivity contribution in [2.75, 3.05) is 7.05 Å². The van der Waals surface area contributed by atoms with Crippen LogP contribution in [-0.4, -0.2) is 11.9 Å². The minimum absolute atomic E-state index is 0.288. The van der Waals surface area contributed by atoms with Crippen molar-refractivity contribution in [1.29, 1.82) is 0 Å². The van der Waals surface area contributed by atoms with Crippen molar-refractivity contribution in [3.8, 4) is 0 Å². The fraction of sp³-hybridized carbons (Fsp3) is 0.111. The molecule has 0 aromatic heterocycles. The monoisotopic (exact) mass is 395 g/mol. The highest BCUT2D eigenvalue weighted by Crippen LogP contribution is 2.51. The second-order valence-electron chi connectivity index (χ2n) is 7.23. The standard InChI is InChI=1S/C27H26NP/c1-28(22-23-14-6-2-7-15-23)27(24-16-8-3-9-17-24)29(25-18-10-4-11-19-25)26-20-12-5-13-21-26/h2-21,27H,22H2,1H3. The Morgan fingerprint density at radius 2 is 1.00 bits per heavy atom. The van der Waals surface area contributed by atoms with Gasteiger partial charge in [-0.25, -0.2) is 0 Å². The molecule has 0 amide bonds. The summed E-state index contributed by atoms with van der Waals surface area (Å²) in [7, 11) is 1.66. The van der Waals surface area contributed by atoms with E-state index in [4.69, 9.17) is 0 Å². The second-order valence-corrected chi connectivity index (χ2v) is 9.49. The van der Waals surface area contributed by atoms with E-state index in [9.17, 15) is 0 Å². The van der Waals surface area contributed by atoms with Gasteiger partial charge in [-0.05, 0) is 36.7 Å². The average Bonchev–Trinajstić information content (AvgIpc) is 2.79. The van der Waals surface area contributed by atoms with E-state index in [0.29, 0.717) is 0 Å². The van der Waals surface area contributed by atoms with Crippen molar-refractivity contribution in [3.05, 3.63) is 132 Å². The fourth-order valence-electron chi connectivity index (χ4n) is 3.79. The van der Waals surface area contributed by atoms with E-state index in [1.807, 2.05) is 0 Å². The lowest BCUT2D eigenvalue weighted by Crippen LogP contribution is -2.29. The van der Waals surface area contributed by atoms with E-state index in [1.165, 1.54) is 21.7 Å². The average molecular weight is 395 g/mol. The summed E-state index contributed by atoms with van der Waals surface area (Å²) in [6, 6.07) is 43.7. The molecule has 1 nitrogen and oxygen atoms in total. The van der Waals surface area contributed by atoms with Crippen LogP contribution in [-0.2, 0) is 6.54 Å². The van der Waals surface area contributed by atoms with E-state index in [-0.39, 0.29) is 5.78 Å². The van der Waals surface area contributed by atoms with Gasteiger partial charge < -0.3 is 0 Å². The summed E-state index contributed by atoms with van der Waals surface area (Å²) in [5.41, 5.74) is 2.71. The summed E-state index contributed by atoms with van der Waals surface area (Å²) < 4.78 is 0. The molecule has 4 aromatic rings. The maximum atomic E-state index is 2.51. The third-order valence-electron chi connectivity index (χ3n) is 5.10. The second kappa shape index (κ2) is 9.65. The lowest BCUT2D eigenvalue weighted by molar-refractivity contribution is 0.307. The Bertz CT molecular complexity index is 948. The van der Waals surface area contributed by atoms with Gasteiger partial charge in [0.15, 0.2) is 0 Å². The Balaban J connectivity index is 1.80. The van der Waals surface area contributed by atoms with Gasteiger partial charge >= 0.3 is 0 Å². The summed E-state index contributed by atoms with van der Waals surface area (Å²) in [4.78, 5) is 2.51. The molecule has 0 saturated carbocycles. The molecule has 0 heterocycles. The quantitative estimate of drug-likeness (QED) is 0.350. The van der Waals surface area contributed by atoms with Crippen molar-refractivity contribution in [1.82, 2.24) is 4.90 Å². The molecule has 1 unspecified atom stereocenters. The van der Waals surface area contributed by atoms with Crippen LogP contribution < -0.4 is 10.6 Å². The van der Waals surface area contributed by atoms with E-state index < -0.39 is 7.92 Å². The molecular weight excluding hydrogens is 369 g/mol. The van der Waals surface area contributed by atoms with E-state index in [0.717, 1.165) is 6.54 Å². The zero-order valence-corrected chi connectivity index (χ0v) is 17.6. The number of nitrogens with zero attached hydrogens (tertiary/aromatic N) is 1. The number of rotatable bonds is 7. The molecule has 0 fully saturated rings. The van der Waals surface area contributed by atoms with E-state index >= 15 is 0 Å². The third-order valence-corrected chi connectivity index (χ3v) is 7.99. The van der Waals surface area contributed by atoms with Crippen molar-refractivity contribution >= 4 is 18.5 Å². The van der Waals surface area contributed by atoms with Crippen LogP contribution in [0.25, 0.3) is 0 Å². The zero-order chi connectivity index (χ0) is 19.9. The molecule has 144 valence electrons. The molecule has 0 radical (unpaired) electrons. The maximum Gasteiger partial charge on any atom is 0.0631 e. The number of hydrogen-bond acceptors (Lipinski definition) is 1. The van der Waals surface area contributed by atoms with Crippen LogP contribution in [0.15, 0.2) is 121 Å². The minimum atomic E-state index is -0.600. The van der Waals surface area contributed by atoms with Crippen molar-refractivity contribution in [2.24, 2.45) is 0 Å². The molecule has 0 aliphatic heterocycles. The first-order chi connectivity index (χ1) is 14.3. The van der Waals surface area contributed by atoms with Gasteiger partial charge in [0.05, 0.1) is 5.78 Å². The lowest BCUT2D eigenvalue weighted by atomic mass is 10.2.